The Labute approximate surface area is 124 Å². The fourth-order valence-electron chi connectivity index (χ4n) is 2.58. The van der Waals surface area contributed by atoms with E-state index in [-0.39, 0.29) is 6.10 Å². The minimum atomic E-state index is -0.186. The van der Waals surface area contributed by atoms with Gasteiger partial charge in [0.1, 0.15) is 0 Å². The number of benzene rings is 1. The summed E-state index contributed by atoms with van der Waals surface area (Å²) >= 11 is 3.55. The third kappa shape index (κ3) is 4.20. The Hall–Kier alpha value is -0.580. The molecule has 1 unspecified atom stereocenters. The van der Waals surface area contributed by atoms with E-state index in [4.69, 9.17) is 0 Å². The molecule has 1 aliphatic rings. The van der Waals surface area contributed by atoms with Crippen molar-refractivity contribution in [2.24, 2.45) is 0 Å². The van der Waals surface area contributed by atoms with Gasteiger partial charge in [-0.3, -0.25) is 0 Å². The summed E-state index contributed by atoms with van der Waals surface area (Å²) < 4.78 is 1.11. The second kappa shape index (κ2) is 7.27. The number of β-amino-alcohol motifs (C(OH)–C–C–N with tert-alkyl or cyclic N) is 1. The molecule has 0 radical (unpaired) electrons. The van der Waals surface area contributed by atoms with Gasteiger partial charge in [0.05, 0.1) is 6.10 Å². The van der Waals surface area contributed by atoms with Gasteiger partial charge in [0, 0.05) is 29.8 Å². The largest absolute Gasteiger partial charge is 0.391 e. The van der Waals surface area contributed by atoms with Crippen molar-refractivity contribution in [1.82, 2.24) is 5.32 Å². The standard InChI is InChI=1S/C15H23BrN2O/c1-2-7-17-10-12-9-13(16)5-6-15(12)18-8-3-4-14(19)11-18/h5-6,9,14,17,19H,2-4,7-8,10-11H2,1H3. The molecular formula is C15H23BrN2O. The first-order valence-corrected chi connectivity index (χ1v) is 7.92. The van der Waals surface area contributed by atoms with Gasteiger partial charge in [-0.25, -0.2) is 0 Å². The lowest BCUT2D eigenvalue weighted by molar-refractivity contribution is 0.154. The lowest BCUT2D eigenvalue weighted by atomic mass is 10.1. The number of rotatable bonds is 5. The van der Waals surface area contributed by atoms with Gasteiger partial charge in [-0.2, -0.15) is 0 Å². The summed E-state index contributed by atoms with van der Waals surface area (Å²) in [6, 6.07) is 6.42. The molecule has 3 nitrogen and oxygen atoms in total. The quantitative estimate of drug-likeness (QED) is 0.817. The van der Waals surface area contributed by atoms with E-state index in [2.05, 4.69) is 51.3 Å². The van der Waals surface area contributed by atoms with E-state index in [9.17, 15) is 5.11 Å². The Kier molecular flexibility index (Phi) is 5.67. The number of anilines is 1. The SMILES string of the molecule is CCCNCc1cc(Br)ccc1N1CCCC(O)C1. The number of nitrogens with zero attached hydrogens (tertiary/aromatic N) is 1. The van der Waals surface area contributed by atoms with Crippen LogP contribution in [0.1, 0.15) is 31.7 Å². The van der Waals surface area contributed by atoms with E-state index >= 15 is 0 Å². The van der Waals surface area contributed by atoms with Gasteiger partial charge in [0.25, 0.3) is 0 Å². The molecule has 0 bridgehead atoms. The van der Waals surface area contributed by atoms with Gasteiger partial charge >= 0.3 is 0 Å². The van der Waals surface area contributed by atoms with Crippen LogP contribution in [0.25, 0.3) is 0 Å². The van der Waals surface area contributed by atoms with Crippen molar-refractivity contribution in [1.29, 1.82) is 0 Å². The summed E-state index contributed by atoms with van der Waals surface area (Å²) in [7, 11) is 0. The Morgan fingerprint density at radius 1 is 1.47 bits per heavy atom. The van der Waals surface area contributed by atoms with Gasteiger partial charge in [0.15, 0.2) is 0 Å². The van der Waals surface area contributed by atoms with Crippen LogP contribution in [0, 0.1) is 0 Å². The summed E-state index contributed by atoms with van der Waals surface area (Å²) in [5.41, 5.74) is 2.56. The van der Waals surface area contributed by atoms with Gasteiger partial charge in [-0.15, -0.1) is 0 Å². The Bertz CT molecular complexity index is 411. The molecule has 4 heteroatoms. The number of aliphatic hydroxyl groups is 1. The summed E-state index contributed by atoms with van der Waals surface area (Å²) in [6.45, 7) is 5.89. The first-order valence-electron chi connectivity index (χ1n) is 7.13. The topological polar surface area (TPSA) is 35.5 Å². The summed E-state index contributed by atoms with van der Waals surface area (Å²) in [5, 5.41) is 13.3. The molecule has 106 valence electrons. The number of hydrogen-bond acceptors (Lipinski definition) is 3. The van der Waals surface area contributed by atoms with E-state index in [1.807, 2.05) is 0 Å². The van der Waals surface area contributed by atoms with Crippen molar-refractivity contribution in [2.75, 3.05) is 24.5 Å². The lowest BCUT2D eigenvalue weighted by Gasteiger charge is -2.33. The minimum Gasteiger partial charge on any atom is -0.391 e. The Morgan fingerprint density at radius 3 is 3.05 bits per heavy atom. The number of halogens is 1. The molecular weight excluding hydrogens is 304 g/mol. The first-order chi connectivity index (χ1) is 9.20. The molecule has 19 heavy (non-hydrogen) atoms. The molecule has 0 spiro atoms. The fraction of sp³-hybridized carbons (Fsp3) is 0.600. The van der Waals surface area contributed by atoms with Crippen molar-refractivity contribution in [3.63, 3.8) is 0 Å². The number of aliphatic hydroxyl groups excluding tert-OH is 1. The van der Waals surface area contributed by atoms with Gasteiger partial charge in [-0.1, -0.05) is 22.9 Å². The van der Waals surface area contributed by atoms with E-state index in [0.29, 0.717) is 0 Å². The highest BCUT2D eigenvalue weighted by Crippen LogP contribution is 2.27. The molecule has 1 aliphatic heterocycles. The van der Waals surface area contributed by atoms with Crippen molar-refractivity contribution in [3.8, 4) is 0 Å². The highest BCUT2D eigenvalue weighted by Gasteiger charge is 2.19. The molecule has 1 atom stereocenters. The average Bonchev–Trinajstić information content (AvgIpc) is 2.39. The van der Waals surface area contributed by atoms with Crippen molar-refractivity contribution in [3.05, 3.63) is 28.2 Å². The summed E-state index contributed by atoms with van der Waals surface area (Å²) in [5.74, 6) is 0. The van der Waals surface area contributed by atoms with E-state index in [1.165, 1.54) is 11.3 Å². The van der Waals surface area contributed by atoms with Crippen LogP contribution in [-0.4, -0.2) is 30.8 Å². The van der Waals surface area contributed by atoms with E-state index < -0.39 is 0 Å². The molecule has 1 aromatic carbocycles. The maximum absolute atomic E-state index is 9.83. The highest BCUT2D eigenvalue weighted by molar-refractivity contribution is 9.10. The highest BCUT2D eigenvalue weighted by atomic mass is 79.9. The van der Waals surface area contributed by atoms with Crippen molar-refractivity contribution >= 4 is 21.6 Å². The van der Waals surface area contributed by atoms with Gasteiger partial charge in [0.2, 0.25) is 0 Å². The molecule has 2 rings (SSSR count). The second-order valence-corrected chi connectivity index (χ2v) is 6.11. The van der Waals surface area contributed by atoms with Gasteiger partial charge < -0.3 is 15.3 Å². The smallest absolute Gasteiger partial charge is 0.0715 e. The molecule has 0 aliphatic carbocycles. The molecule has 2 N–H and O–H groups in total. The maximum Gasteiger partial charge on any atom is 0.0715 e. The number of nitrogens with one attached hydrogen (secondary N) is 1. The van der Waals surface area contributed by atoms with Crippen LogP contribution < -0.4 is 10.2 Å². The zero-order valence-electron chi connectivity index (χ0n) is 11.5. The third-order valence-electron chi connectivity index (χ3n) is 3.52. The van der Waals surface area contributed by atoms with Crippen LogP contribution in [0.2, 0.25) is 0 Å². The van der Waals surface area contributed by atoms with Crippen LogP contribution in [0.4, 0.5) is 5.69 Å². The fourth-order valence-corrected chi connectivity index (χ4v) is 2.99. The number of piperidine rings is 1. The average molecular weight is 327 g/mol. The molecule has 1 aromatic rings. The third-order valence-corrected chi connectivity index (χ3v) is 4.01. The monoisotopic (exact) mass is 326 g/mol. The predicted molar refractivity (Wildman–Crippen MR) is 83.6 cm³/mol. The van der Waals surface area contributed by atoms with Crippen LogP contribution in [0.5, 0.6) is 0 Å². The van der Waals surface area contributed by atoms with Crippen LogP contribution >= 0.6 is 15.9 Å². The first kappa shape index (κ1) is 14.8. The molecule has 1 heterocycles. The minimum absolute atomic E-state index is 0.186. The summed E-state index contributed by atoms with van der Waals surface area (Å²) in [4.78, 5) is 2.31. The van der Waals surface area contributed by atoms with E-state index in [0.717, 1.165) is 49.9 Å². The van der Waals surface area contributed by atoms with Crippen molar-refractivity contribution in [2.45, 2.75) is 38.8 Å². The molecule has 0 aromatic heterocycles. The van der Waals surface area contributed by atoms with Crippen LogP contribution in [0.15, 0.2) is 22.7 Å². The van der Waals surface area contributed by atoms with Crippen molar-refractivity contribution < 1.29 is 5.11 Å². The molecule has 0 amide bonds. The molecule has 1 saturated heterocycles. The molecule has 0 saturated carbocycles. The second-order valence-electron chi connectivity index (χ2n) is 5.19. The van der Waals surface area contributed by atoms with Gasteiger partial charge in [-0.05, 0) is 49.6 Å². The van der Waals surface area contributed by atoms with Crippen LogP contribution in [-0.2, 0) is 6.54 Å². The van der Waals surface area contributed by atoms with Crippen LogP contribution in [0.3, 0.4) is 0 Å². The summed E-state index contributed by atoms with van der Waals surface area (Å²) in [6.07, 6.45) is 2.95. The maximum atomic E-state index is 9.83. The predicted octanol–water partition coefficient (Wildman–Crippen LogP) is 2.91. The lowest BCUT2D eigenvalue weighted by Crippen LogP contribution is -2.39. The molecule has 1 fully saturated rings. The zero-order chi connectivity index (χ0) is 13.7. The Balaban J connectivity index is 2.13. The number of hydrogen-bond donors (Lipinski definition) is 2. The Morgan fingerprint density at radius 2 is 2.32 bits per heavy atom. The zero-order valence-corrected chi connectivity index (χ0v) is 13.1. The van der Waals surface area contributed by atoms with E-state index in [1.54, 1.807) is 0 Å². The normalized spacial score (nSPS) is 19.7.